The van der Waals surface area contributed by atoms with Crippen LogP contribution < -0.4 is 9.47 Å². The molecule has 0 N–H and O–H groups in total. The first kappa shape index (κ1) is 17.4. The van der Waals surface area contributed by atoms with E-state index in [1.807, 2.05) is 12.1 Å². The summed E-state index contributed by atoms with van der Waals surface area (Å²) in [5, 5.41) is 8.46. The van der Waals surface area contributed by atoms with Crippen molar-refractivity contribution < 1.29 is 19.0 Å². The zero-order chi connectivity index (χ0) is 18.5. The normalized spacial score (nSPS) is 11.0. The summed E-state index contributed by atoms with van der Waals surface area (Å²) in [7, 11) is 3.10. The molecule has 0 aliphatic carbocycles. The summed E-state index contributed by atoms with van der Waals surface area (Å²) < 4.78 is 17.2. The van der Waals surface area contributed by atoms with Crippen LogP contribution in [-0.4, -0.2) is 36.2 Å². The molecule has 0 bridgehead atoms. The average Bonchev–Trinajstić information content (AvgIpc) is 3.05. The molecule has 8 nitrogen and oxygen atoms in total. The van der Waals surface area contributed by atoms with Gasteiger partial charge in [0, 0.05) is 12.3 Å². The van der Waals surface area contributed by atoms with Gasteiger partial charge in [0.05, 0.1) is 20.8 Å². The molecule has 2 heterocycles. The quantitative estimate of drug-likeness (QED) is 0.494. The molecule has 134 valence electrons. The Morgan fingerprint density at radius 3 is 2.73 bits per heavy atom. The number of azo groups is 1. The van der Waals surface area contributed by atoms with Crippen molar-refractivity contribution in [2.75, 3.05) is 20.8 Å². The van der Waals surface area contributed by atoms with E-state index in [0.717, 1.165) is 0 Å². The van der Waals surface area contributed by atoms with Crippen LogP contribution in [0.25, 0.3) is 5.65 Å². The highest BCUT2D eigenvalue weighted by atomic mass is 16.5. The Morgan fingerprint density at radius 2 is 2.00 bits per heavy atom. The fourth-order valence-electron chi connectivity index (χ4n) is 2.38. The van der Waals surface area contributed by atoms with Gasteiger partial charge >= 0.3 is 5.97 Å². The summed E-state index contributed by atoms with van der Waals surface area (Å²) in [6.45, 7) is 1.98. The van der Waals surface area contributed by atoms with Crippen molar-refractivity contribution in [3.63, 3.8) is 0 Å². The predicted octanol–water partition coefficient (Wildman–Crippen LogP) is 3.94. The van der Waals surface area contributed by atoms with Crippen molar-refractivity contribution in [2.45, 2.75) is 6.92 Å². The average molecular weight is 354 g/mol. The van der Waals surface area contributed by atoms with Gasteiger partial charge in [0.1, 0.15) is 22.8 Å². The first-order valence-corrected chi connectivity index (χ1v) is 7.96. The van der Waals surface area contributed by atoms with Crippen LogP contribution in [0.3, 0.4) is 0 Å². The molecular weight excluding hydrogens is 336 g/mol. The largest absolute Gasteiger partial charge is 0.497 e. The van der Waals surface area contributed by atoms with E-state index in [2.05, 4.69) is 15.2 Å². The number of pyridine rings is 1. The molecule has 0 amide bonds. The van der Waals surface area contributed by atoms with Gasteiger partial charge in [0.2, 0.25) is 0 Å². The zero-order valence-electron chi connectivity index (χ0n) is 14.7. The second-order valence-electron chi connectivity index (χ2n) is 5.17. The number of nitrogens with zero attached hydrogens (tertiary/aromatic N) is 4. The topological polar surface area (TPSA) is 86.8 Å². The lowest BCUT2D eigenvalue weighted by molar-refractivity contribution is 0.0521. The fraction of sp³-hybridized carbons (Fsp3) is 0.222. The maximum atomic E-state index is 12.2. The molecule has 8 heteroatoms. The number of methoxy groups -OCH3 is 2. The first-order chi connectivity index (χ1) is 12.7. The maximum absolute atomic E-state index is 12.2. The monoisotopic (exact) mass is 354 g/mol. The van der Waals surface area contributed by atoms with Gasteiger partial charge in [-0.25, -0.2) is 9.78 Å². The van der Waals surface area contributed by atoms with Gasteiger partial charge in [-0.1, -0.05) is 6.07 Å². The minimum Gasteiger partial charge on any atom is -0.497 e. The third-order valence-electron chi connectivity index (χ3n) is 3.61. The second kappa shape index (κ2) is 7.64. The molecule has 0 atom stereocenters. The molecule has 0 unspecified atom stereocenters. The van der Waals surface area contributed by atoms with E-state index in [9.17, 15) is 4.79 Å². The number of rotatable bonds is 6. The molecular formula is C18H18N4O4. The molecule has 3 rings (SSSR count). The lowest BCUT2D eigenvalue weighted by atomic mass is 10.3. The van der Waals surface area contributed by atoms with E-state index >= 15 is 0 Å². The van der Waals surface area contributed by atoms with E-state index in [1.165, 1.54) is 7.11 Å². The number of benzene rings is 1. The van der Waals surface area contributed by atoms with Crippen molar-refractivity contribution in [2.24, 2.45) is 10.2 Å². The summed E-state index contributed by atoms with van der Waals surface area (Å²) in [5.41, 5.74) is 1.18. The fourth-order valence-corrected chi connectivity index (χ4v) is 2.38. The Kier molecular flexibility index (Phi) is 5.12. The lowest BCUT2D eigenvalue weighted by Crippen LogP contribution is -2.05. The first-order valence-electron chi connectivity index (χ1n) is 7.96. The second-order valence-corrected chi connectivity index (χ2v) is 5.17. The highest BCUT2D eigenvalue weighted by Gasteiger charge is 2.20. The summed E-state index contributed by atoms with van der Waals surface area (Å²) in [5.74, 6) is 0.881. The van der Waals surface area contributed by atoms with Crippen molar-refractivity contribution in [3.05, 3.63) is 48.3 Å². The molecule has 0 saturated heterocycles. The van der Waals surface area contributed by atoms with E-state index in [0.29, 0.717) is 22.8 Å². The van der Waals surface area contributed by atoms with Crippen molar-refractivity contribution >= 4 is 23.1 Å². The summed E-state index contributed by atoms with van der Waals surface area (Å²) >= 11 is 0. The van der Waals surface area contributed by atoms with E-state index in [4.69, 9.17) is 14.2 Å². The Bertz CT molecular complexity index is 965. The molecule has 26 heavy (non-hydrogen) atoms. The number of aromatic nitrogens is 2. The Balaban J connectivity index is 2.06. The van der Waals surface area contributed by atoms with Gasteiger partial charge in [-0.05, 0) is 31.2 Å². The number of carbonyl (C=O) groups excluding carboxylic acids is 1. The number of carbonyl (C=O) groups is 1. The van der Waals surface area contributed by atoms with Gasteiger partial charge in [0.15, 0.2) is 11.5 Å². The zero-order valence-corrected chi connectivity index (χ0v) is 14.7. The van der Waals surface area contributed by atoms with Crippen LogP contribution in [0.4, 0.5) is 11.5 Å². The van der Waals surface area contributed by atoms with Crippen LogP contribution >= 0.6 is 0 Å². The molecule has 0 radical (unpaired) electrons. The number of ether oxygens (including phenoxy) is 3. The van der Waals surface area contributed by atoms with E-state index < -0.39 is 5.97 Å². The highest BCUT2D eigenvalue weighted by Crippen LogP contribution is 2.33. The number of hydrogen-bond acceptors (Lipinski definition) is 7. The van der Waals surface area contributed by atoms with Crippen LogP contribution in [0.2, 0.25) is 0 Å². The number of fused-ring (bicyclic) bond motifs is 1. The van der Waals surface area contributed by atoms with Gasteiger partial charge < -0.3 is 14.2 Å². The maximum Gasteiger partial charge on any atom is 0.360 e. The smallest absolute Gasteiger partial charge is 0.360 e. The van der Waals surface area contributed by atoms with Crippen LogP contribution in [0, 0.1) is 0 Å². The molecule has 0 aliphatic rings. The van der Waals surface area contributed by atoms with Crippen LogP contribution in [0.15, 0.2) is 52.8 Å². The predicted molar refractivity (Wildman–Crippen MR) is 94.9 cm³/mol. The summed E-state index contributed by atoms with van der Waals surface area (Å²) in [6, 6.07) is 10.6. The molecule has 2 aromatic heterocycles. The van der Waals surface area contributed by atoms with Gasteiger partial charge in [-0.2, -0.15) is 0 Å². The third-order valence-corrected chi connectivity index (χ3v) is 3.61. The number of esters is 1. The summed E-state index contributed by atoms with van der Waals surface area (Å²) in [6.07, 6.45) is 1.75. The summed E-state index contributed by atoms with van der Waals surface area (Å²) in [4.78, 5) is 16.5. The molecule has 0 saturated carbocycles. The standard InChI is InChI=1S/C18H18N4O4/c1-4-26-18(23)16-17(22-10-6-5-7-15(22)19-16)21-20-13-9-8-12(24-2)11-14(13)25-3/h5-11H,4H2,1-3H3. The molecule has 0 spiro atoms. The van der Waals surface area contributed by atoms with Gasteiger partial charge in [0.25, 0.3) is 0 Å². The van der Waals surface area contributed by atoms with E-state index in [1.54, 1.807) is 48.9 Å². The third kappa shape index (κ3) is 3.34. The van der Waals surface area contributed by atoms with E-state index in [-0.39, 0.29) is 18.1 Å². The Morgan fingerprint density at radius 1 is 1.15 bits per heavy atom. The SMILES string of the molecule is CCOC(=O)c1nc2ccccn2c1N=Nc1ccc(OC)cc1OC. The van der Waals surface area contributed by atoms with Crippen molar-refractivity contribution in [3.8, 4) is 11.5 Å². The Hall–Kier alpha value is -3.42. The molecule has 0 aliphatic heterocycles. The van der Waals surface area contributed by atoms with Gasteiger partial charge in [-0.3, -0.25) is 4.40 Å². The number of hydrogen-bond donors (Lipinski definition) is 0. The van der Waals surface area contributed by atoms with Gasteiger partial charge in [-0.15, -0.1) is 10.2 Å². The van der Waals surface area contributed by atoms with Crippen LogP contribution in [-0.2, 0) is 4.74 Å². The minimum absolute atomic E-state index is 0.106. The molecule has 3 aromatic rings. The molecule has 1 aromatic carbocycles. The van der Waals surface area contributed by atoms with Crippen LogP contribution in [0.1, 0.15) is 17.4 Å². The number of imidazole rings is 1. The van der Waals surface area contributed by atoms with Crippen molar-refractivity contribution in [1.82, 2.24) is 9.38 Å². The lowest BCUT2D eigenvalue weighted by Gasteiger charge is -2.06. The van der Waals surface area contributed by atoms with Crippen molar-refractivity contribution in [1.29, 1.82) is 0 Å². The minimum atomic E-state index is -0.549. The highest BCUT2D eigenvalue weighted by molar-refractivity contribution is 5.93. The van der Waals surface area contributed by atoms with Crippen LogP contribution in [0.5, 0.6) is 11.5 Å². The Labute approximate surface area is 150 Å². The molecule has 0 fully saturated rings.